The Kier molecular flexibility index (Phi) is 18.1. The molecule has 4 atom stereocenters. The fourth-order valence-electron chi connectivity index (χ4n) is 5.43. The summed E-state index contributed by atoms with van der Waals surface area (Å²) in [5, 5.41) is 2.45. The van der Waals surface area contributed by atoms with Crippen molar-refractivity contribution in [3.63, 3.8) is 0 Å². The van der Waals surface area contributed by atoms with Crippen molar-refractivity contribution in [2.24, 2.45) is 23.7 Å². The lowest BCUT2D eigenvalue weighted by atomic mass is 9.91. The minimum absolute atomic E-state index is 0.899. The molecule has 0 aromatic carbocycles. The second kappa shape index (κ2) is 19.4. The van der Waals surface area contributed by atoms with Gasteiger partial charge in [-0.2, -0.15) is 0 Å². The maximum absolute atomic E-state index is 3.64. The largest absolute Gasteiger partial charge is 0.255 e. The number of nitrogens with zero attached hydrogens (tertiary/aromatic N) is 1. The molecule has 0 saturated carbocycles. The van der Waals surface area contributed by atoms with Crippen molar-refractivity contribution in [3.8, 4) is 0 Å². The predicted octanol–water partition coefficient (Wildman–Crippen LogP) is 9.00. The standard InChI is InChI=1S/C29H60N2/c1-6-15-26(2)18-12-19-27(3)16-8-9-17-28(4)20-13-21-29(5)22-14-23-30-31-24-10-7-11-25-31/h26-30H,6-25H2,1-5H3. The third-order valence-corrected chi connectivity index (χ3v) is 7.78. The lowest BCUT2D eigenvalue weighted by Gasteiger charge is -2.27. The summed E-state index contributed by atoms with van der Waals surface area (Å²) in [5.74, 6) is 3.71. The average molecular weight is 437 g/mol. The van der Waals surface area contributed by atoms with E-state index >= 15 is 0 Å². The van der Waals surface area contributed by atoms with Crippen molar-refractivity contribution >= 4 is 0 Å². The van der Waals surface area contributed by atoms with Crippen LogP contribution in [-0.2, 0) is 0 Å². The van der Waals surface area contributed by atoms with E-state index in [9.17, 15) is 0 Å². The molecule has 0 spiro atoms. The van der Waals surface area contributed by atoms with E-state index in [0.717, 1.165) is 23.7 Å². The Morgan fingerprint density at radius 1 is 0.548 bits per heavy atom. The van der Waals surface area contributed by atoms with E-state index in [1.807, 2.05) is 0 Å². The molecule has 1 rings (SSSR count). The Morgan fingerprint density at radius 3 is 1.45 bits per heavy atom. The number of rotatable bonds is 20. The lowest BCUT2D eigenvalue weighted by Crippen LogP contribution is -2.42. The molecule has 2 nitrogen and oxygen atoms in total. The van der Waals surface area contributed by atoms with E-state index < -0.39 is 0 Å². The number of unbranched alkanes of at least 4 members (excludes halogenated alkanes) is 1. The van der Waals surface area contributed by atoms with Gasteiger partial charge in [0.15, 0.2) is 0 Å². The molecule has 0 aliphatic carbocycles. The molecule has 1 N–H and O–H groups in total. The van der Waals surface area contributed by atoms with Crippen LogP contribution in [0.2, 0.25) is 0 Å². The first-order valence-electron chi connectivity index (χ1n) is 14.5. The van der Waals surface area contributed by atoms with Gasteiger partial charge in [-0.05, 0) is 49.4 Å². The highest BCUT2D eigenvalue weighted by Crippen LogP contribution is 2.23. The van der Waals surface area contributed by atoms with Crippen molar-refractivity contribution in [1.29, 1.82) is 0 Å². The monoisotopic (exact) mass is 436 g/mol. The quantitative estimate of drug-likeness (QED) is 0.191. The highest BCUT2D eigenvalue weighted by molar-refractivity contribution is 4.63. The fraction of sp³-hybridized carbons (Fsp3) is 1.00. The molecular formula is C29H60N2. The summed E-state index contributed by atoms with van der Waals surface area (Å²) in [6, 6.07) is 0. The van der Waals surface area contributed by atoms with Crippen molar-refractivity contribution < 1.29 is 0 Å². The molecule has 2 heteroatoms. The Morgan fingerprint density at radius 2 is 0.968 bits per heavy atom. The minimum atomic E-state index is 0.899. The summed E-state index contributed by atoms with van der Waals surface area (Å²) in [6.07, 6.45) is 24.2. The third-order valence-electron chi connectivity index (χ3n) is 7.78. The molecule has 1 aliphatic rings. The number of hydrogen-bond donors (Lipinski definition) is 1. The van der Waals surface area contributed by atoms with E-state index in [1.54, 1.807) is 0 Å². The van der Waals surface area contributed by atoms with Crippen molar-refractivity contribution in [2.75, 3.05) is 19.6 Å². The summed E-state index contributed by atoms with van der Waals surface area (Å²) in [4.78, 5) is 0. The van der Waals surface area contributed by atoms with Gasteiger partial charge in [-0.3, -0.25) is 5.43 Å². The van der Waals surface area contributed by atoms with E-state index in [2.05, 4.69) is 45.1 Å². The number of hydrogen-bond acceptors (Lipinski definition) is 2. The van der Waals surface area contributed by atoms with Crippen LogP contribution < -0.4 is 5.43 Å². The zero-order chi connectivity index (χ0) is 22.7. The van der Waals surface area contributed by atoms with Crippen LogP contribution in [0, 0.1) is 23.7 Å². The van der Waals surface area contributed by atoms with Gasteiger partial charge in [0.05, 0.1) is 0 Å². The number of piperidine rings is 1. The number of nitrogens with one attached hydrogen (secondary N) is 1. The minimum Gasteiger partial charge on any atom is -0.255 e. The molecule has 0 aromatic rings. The van der Waals surface area contributed by atoms with E-state index in [4.69, 9.17) is 0 Å². The zero-order valence-corrected chi connectivity index (χ0v) is 22.4. The lowest BCUT2D eigenvalue weighted by molar-refractivity contribution is 0.152. The van der Waals surface area contributed by atoms with E-state index in [0.29, 0.717) is 0 Å². The third kappa shape index (κ3) is 17.1. The van der Waals surface area contributed by atoms with Gasteiger partial charge in [0, 0.05) is 19.6 Å². The summed E-state index contributed by atoms with van der Waals surface area (Å²) >= 11 is 0. The van der Waals surface area contributed by atoms with Gasteiger partial charge in [-0.1, -0.05) is 118 Å². The highest BCUT2D eigenvalue weighted by Gasteiger charge is 2.10. The molecule has 186 valence electrons. The molecule has 0 aromatic heterocycles. The topological polar surface area (TPSA) is 15.3 Å². The maximum atomic E-state index is 3.64. The van der Waals surface area contributed by atoms with Crippen LogP contribution in [0.5, 0.6) is 0 Å². The van der Waals surface area contributed by atoms with Gasteiger partial charge in [0.2, 0.25) is 0 Å². The van der Waals surface area contributed by atoms with Crippen LogP contribution in [0.15, 0.2) is 0 Å². The van der Waals surface area contributed by atoms with Crippen LogP contribution in [0.25, 0.3) is 0 Å². The normalized spacial score (nSPS) is 19.3. The van der Waals surface area contributed by atoms with Crippen molar-refractivity contribution in [2.45, 2.75) is 144 Å². The van der Waals surface area contributed by atoms with E-state index in [1.165, 1.54) is 129 Å². The van der Waals surface area contributed by atoms with Crippen molar-refractivity contribution in [3.05, 3.63) is 0 Å². The predicted molar refractivity (Wildman–Crippen MR) is 140 cm³/mol. The molecule has 0 bridgehead atoms. The summed E-state index contributed by atoms with van der Waals surface area (Å²) in [7, 11) is 0. The van der Waals surface area contributed by atoms with Gasteiger partial charge >= 0.3 is 0 Å². The Bertz CT molecular complexity index is 377. The first-order chi connectivity index (χ1) is 15.0. The molecule has 4 unspecified atom stereocenters. The van der Waals surface area contributed by atoms with Crippen molar-refractivity contribution in [1.82, 2.24) is 10.4 Å². The van der Waals surface area contributed by atoms with E-state index in [-0.39, 0.29) is 0 Å². The van der Waals surface area contributed by atoms with Crippen LogP contribution >= 0.6 is 0 Å². The Balaban J connectivity index is 1.89. The highest BCUT2D eigenvalue weighted by atomic mass is 15.5. The second-order valence-electron chi connectivity index (χ2n) is 11.5. The molecular weight excluding hydrogens is 376 g/mol. The summed E-state index contributed by atoms with van der Waals surface area (Å²) in [5.41, 5.74) is 3.64. The summed E-state index contributed by atoms with van der Waals surface area (Å²) < 4.78 is 0. The first kappa shape index (κ1) is 29.0. The summed E-state index contributed by atoms with van der Waals surface area (Å²) in [6.45, 7) is 15.9. The molecule has 1 saturated heterocycles. The first-order valence-corrected chi connectivity index (χ1v) is 14.5. The van der Waals surface area contributed by atoms with Crippen LogP contribution in [0.1, 0.15) is 144 Å². The number of hydrazine groups is 1. The van der Waals surface area contributed by atoms with Gasteiger partial charge in [-0.25, -0.2) is 5.01 Å². The maximum Gasteiger partial charge on any atom is 0.0131 e. The fourth-order valence-corrected chi connectivity index (χ4v) is 5.43. The molecule has 1 aliphatic heterocycles. The van der Waals surface area contributed by atoms with Gasteiger partial charge in [-0.15, -0.1) is 0 Å². The van der Waals surface area contributed by atoms with Crippen LogP contribution in [0.3, 0.4) is 0 Å². The Labute approximate surface area is 197 Å². The molecule has 31 heavy (non-hydrogen) atoms. The second-order valence-corrected chi connectivity index (χ2v) is 11.5. The zero-order valence-electron chi connectivity index (χ0n) is 22.4. The van der Waals surface area contributed by atoms with Crippen LogP contribution in [0.4, 0.5) is 0 Å². The molecule has 1 heterocycles. The van der Waals surface area contributed by atoms with Gasteiger partial charge in [0.25, 0.3) is 0 Å². The SMILES string of the molecule is CCCC(C)CCCC(C)CCCCC(C)CCCC(C)CCCNN1CCCCC1. The molecule has 0 radical (unpaired) electrons. The Hall–Kier alpha value is -0.0800. The van der Waals surface area contributed by atoms with Gasteiger partial charge in [0.1, 0.15) is 0 Å². The smallest absolute Gasteiger partial charge is 0.0131 e. The molecule has 0 amide bonds. The molecule has 1 fully saturated rings. The van der Waals surface area contributed by atoms with Crippen LogP contribution in [-0.4, -0.2) is 24.6 Å². The van der Waals surface area contributed by atoms with Gasteiger partial charge < -0.3 is 0 Å². The average Bonchev–Trinajstić information content (AvgIpc) is 2.75.